The first-order valence-corrected chi connectivity index (χ1v) is 15.4. The number of phenolic OH excluding ortho intramolecular Hbond substituents is 2. The molecule has 0 atom stereocenters. The van der Waals surface area contributed by atoms with E-state index < -0.39 is 0 Å². The fourth-order valence-electron chi connectivity index (χ4n) is 5.48. The monoisotopic (exact) mass is 614 g/mol. The number of nitrogen functional groups attached to an aromatic ring is 2. The molecular weight excluding hydrogens is 576 g/mol. The van der Waals surface area contributed by atoms with Crippen molar-refractivity contribution >= 4 is 55.7 Å². The van der Waals surface area contributed by atoms with E-state index in [4.69, 9.17) is 11.5 Å². The van der Waals surface area contributed by atoms with Crippen LogP contribution in [0.25, 0.3) is 21.5 Å². The van der Waals surface area contributed by atoms with Crippen molar-refractivity contribution in [1.82, 2.24) is 0 Å². The smallest absolute Gasteiger partial charge is 0.171 e. The van der Waals surface area contributed by atoms with E-state index in [1.54, 1.807) is 12.1 Å². The second kappa shape index (κ2) is 13.8. The number of pyridine rings is 2. The third kappa shape index (κ3) is 6.91. The van der Waals surface area contributed by atoms with Crippen molar-refractivity contribution in [2.45, 2.75) is 38.8 Å². The first-order valence-electron chi connectivity index (χ1n) is 15.4. The lowest BCUT2D eigenvalue weighted by Gasteiger charge is -2.14. The van der Waals surface area contributed by atoms with Crippen LogP contribution >= 0.6 is 0 Å². The summed E-state index contributed by atoms with van der Waals surface area (Å²) in [5, 5.41) is 32.5. The molecule has 10 nitrogen and oxygen atoms in total. The minimum absolute atomic E-state index is 0.00316. The zero-order valence-corrected chi connectivity index (χ0v) is 25.5. The number of aryl methyl sites for hydroxylation is 2. The average Bonchev–Trinajstić information content (AvgIpc) is 3.09. The summed E-state index contributed by atoms with van der Waals surface area (Å²) < 4.78 is 4.35. The van der Waals surface area contributed by atoms with Gasteiger partial charge < -0.3 is 32.5 Å². The quantitative estimate of drug-likeness (QED) is 0.0213. The zero-order valence-electron chi connectivity index (χ0n) is 25.5. The van der Waals surface area contributed by atoms with Crippen molar-refractivity contribution < 1.29 is 19.3 Å². The Kier molecular flexibility index (Phi) is 9.05. The van der Waals surface area contributed by atoms with Crippen LogP contribution in [0.1, 0.15) is 25.7 Å². The van der Waals surface area contributed by atoms with Gasteiger partial charge in [-0.05, 0) is 12.8 Å². The number of hydrazine groups is 1. The van der Waals surface area contributed by atoms with Crippen LogP contribution in [0.4, 0.5) is 34.1 Å². The molecule has 0 spiro atoms. The number of phenols is 2. The number of hydrogen-bond donors (Lipinski definition) is 6. The average molecular weight is 615 g/mol. The zero-order chi connectivity index (χ0) is 31.9. The molecule has 0 aliphatic carbocycles. The van der Waals surface area contributed by atoms with Gasteiger partial charge in [-0.3, -0.25) is 0 Å². The first kappa shape index (κ1) is 30.1. The van der Waals surface area contributed by atoms with Crippen LogP contribution in [0, 0.1) is 0 Å². The van der Waals surface area contributed by atoms with Crippen LogP contribution in [0.2, 0.25) is 0 Å². The van der Waals surface area contributed by atoms with Crippen molar-refractivity contribution in [2.75, 3.05) is 22.3 Å². The molecule has 232 valence electrons. The van der Waals surface area contributed by atoms with Gasteiger partial charge in [-0.2, -0.15) is 5.11 Å². The lowest BCUT2D eigenvalue weighted by Crippen LogP contribution is -2.33. The molecule has 0 saturated heterocycles. The van der Waals surface area contributed by atoms with Gasteiger partial charge in [0.15, 0.2) is 24.8 Å². The van der Waals surface area contributed by atoms with E-state index in [1.165, 1.54) is 0 Å². The van der Waals surface area contributed by atoms with E-state index in [-0.39, 0.29) is 11.5 Å². The maximum Gasteiger partial charge on any atom is 0.171 e. The molecule has 0 radical (unpaired) electrons. The molecule has 46 heavy (non-hydrogen) atoms. The summed E-state index contributed by atoms with van der Waals surface area (Å²) in [4.78, 5) is 0. The fraction of sp³-hybridized carbons (Fsp3) is 0.167. The lowest BCUT2D eigenvalue weighted by atomic mass is 10.1. The van der Waals surface area contributed by atoms with Crippen molar-refractivity contribution in [1.29, 1.82) is 0 Å². The van der Waals surface area contributed by atoms with Crippen LogP contribution in [-0.2, 0) is 13.1 Å². The molecular formula is C36H38N8O2+2. The number of nitrogens with zero attached hydrogens (tertiary/aromatic N) is 4. The van der Waals surface area contributed by atoms with Crippen LogP contribution in [0.3, 0.4) is 0 Å². The highest BCUT2D eigenvalue weighted by molar-refractivity contribution is 6.04. The Morgan fingerprint density at radius 1 is 0.565 bits per heavy atom. The lowest BCUT2D eigenvalue weighted by molar-refractivity contribution is -0.698. The number of unbranched alkanes of at least 4 members (excludes halogenated alkanes) is 3. The van der Waals surface area contributed by atoms with E-state index in [0.29, 0.717) is 17.1 Å². The molecule has 0 bridgehead atoms. The first-order chi connectivity index (χ1) is 22.5. The highest BCUT2D eigenvalue weighted by Crippen LogP contribution is 2.38. The summed E-state index contributed by atoms with van der Waals surface area (Å²) in [5.41, 5.74) is 22.2. The molecule has 0 saturated carbocycles. The highest BCUT2D eigenvalue weighted by atomic mass is 16.3. The van der Waals surface area contributed by atoms with Crippen molar-refractivity contribution in [3.8, 4) is 11.5 Å². The summed E-state index contributed by atoms with van der Waals surface area (Å²) in [6.07, 6.45) is 12.7. The number of azo groups is 1. The second-order valence-corrected chi connectivity index (χ2v) is 11.3. The van der Waals surface area contributed by atoms with Gasteiger partial charge >= 0.3 is 0 Å². The van der Waals surface area contributed by atoms with E-state index in [9.17, 15) is 10.2 Å². The number of benzene rings is 4. The van der Waals surface area contributed by atoms with Crippen molar-refractivity contribution in [3.63, 3.8) is 0 Å². The van der Waals surface area contributed by atoms with Crippen LogP contribution in [-0.4, -0.2) is 10.2 Å². The molecule has 0 unspecified atom stereocenters. The Morgan fingerprint density at radius 3 is 1.72 bits per heavy atom. The van der Waals surface area contributed by atoms with E-state index in [2.05, 4.69) is 42.6 Å². The van der Waals surface area contributed by atoms with Gasteiger partial charge in [-0.1, -0.05) is 48.5 Å². The fourth-order valence-corrected chi connectivity index (χ4v) is 5.48. The largest absolute Gasteiger partial charge is 0.506 e. The van der Waals surface area contributed by atoms with Gasteiger partial charge in [0.25, 0.3) is 0 Å². The maximum atomic E-state index is 10.2. The van der Waals surface area contributed by atoms with E-state index >= 15 is 0 Å². The normalized spacial score (nSPS) is 11.4. The molecule has 0 aliphatic rings. The number of hydrogen-bond acceptors (Lipinski definition) is 8. The van der Waals surface area contributed by atoms with Crippen LogP contribution in [0.15, 0.2) is 120 Å². The van der Waals surface area contributed by atoms with Crippen LogP contribution in [0.5, 0.6) is 11.5 Å². The summed E-state index contributed by atoms with van der Waals surface area (Å²) in [5.74, 6) is 0.0552. The van der Waals surface area contributed by atoms with Gasteiger partial charge in [0.05, 0.1) is 34.1 Å². The molecule has 10 heteroatoms. The minimum atomic E-state index is 0.00316. The van der Waals surface area contributed by atoms with Gasteiger partial charge in [0.1, 0.15) is 24.6 Å². The molecule has 4 aromatic carbocycles. The predicted molar refractivity (Wildman–Crippen MR) is 183 cm³/mol. The van der Waals surface area contributed by atoms with Crippen molar-refractivity contribution in [2.24, 2.45) is 10.2 Å². The number of anilines is 4. The molecule has 0 amide bonds. The molecule has 8 N–H and O–H groups in total. The summed E-state index contributed by atoms with van der Waals surface area (Å²) in [6, 6.07) is 26.4. The Morgan fingerprint density at radius 2 is 1.09 bits per heavy atom. The SMILES string of the molecule is Nc1c(O)cc(N=Nc2cc[n+](CCCCCC[n+]3ccc(NNc4cc(O)c(N)c5ccccc45)cc3)cc2)c2ccccc12. The number of rotatable bonds is 12. The Hall–Kier alpha value is -5.90. The Bertz CT molecular complexity index is 1990. The van der Waals surface area contributed by atoms with Gasteiger partial charge in [0, 0.05) is 70.8 Å². The van der Waals surface area contributed by atoms with E-state index in [0.717, 1.165) is 77.4 Å². The minimum Gasteiger partial charge on any atom is -0.506 e. The number of aromatic nitrogens is 2. The third-order valence-electron chi connectivity index (χ3n) is 8.07. The van der Waals surface area contributed by atoms with E-state index in [1.807, 2.05) is 85.2 Å². The molecule has 0 fully saturated rings. The number of fused-ring (bicyclic) bond motifs is 2. The second-order valence-electron chi connectivity index (χ2n) is 11.3. The van der Waals surface area contributed by atoms with Gasteiger partial charge in [-0.15, -0.1) is 5.11 Å². The number of aromatic hydroxyl groups is 2. The Labute approximate surface area is 267 Å². The molecule has 6 rings (SSSR count). The highest BCUT2D eigenvalue weighted by Gasteiger charge is 2.11. The molecule has 2 aromatic heterocycles. The van der Waals surface area contributed by atoms with Gasteiger partial charge in [-0.25, -0.2) is 9.13 Å². The molecule has 0 aliphatic heterocycles. The van der Waals surface area contributed by atoms with Gasteiger partial charge in [0.2, 0.25) is 0 Å². The third-order valence-corrected chi connectivity index (χ3v) is 8.07. The topological polar surface area (TPSA) is 149 Å². The Balaban J connectivity index is 0.921. The summed E-state index contributed by atoms with van der Waals surface area (Å²) in [7, 11) is 0. The van der Waals surface area contributed by atoms with Crippen molar-refractivity contribution in [3.05, 3.63) is 110 Å². The maximum absolute atomic E-state index is 10.2. The predicted octanol–water partition coefficient (Wildman–Crippen LogP) is 7.26. The number of nitrogens with two attached hydrogens (primary N) is 2. The van der Waals surface area contributed by atoms with Crippen LogP contribution < -0.4 is 31.5 Å². The molecule has 2 heterocycles. The standard InChI is InChI=1S/C36H36N8O2/c37-35-29-11-5-3-9-27(29)31(23-33(35)45)41-39-25-13-19-43(20-14-25)17-7-1-2-8-18-44-21-15-26(16-22-44)40-42-32-24-34(46)36(38)30-12-6-4-10-28(30)32/h3-6,9-16,19-24H,1-2,7-8,17-18H2,(H6,37,38,41,42,45,46)/p+2. The number of nitrogens with one attached hydrogen (secondary N) is 2. The summed E-state index contributed by atoms with van der Waals surface area (Å²) in [6.45, 7) is 1.90. The summed E-state index contributed by atoms with van der Waals surface area (Å²) >= 11 is 0. The molecule has 6 aromatic rings.